The molecular formula is C15H24N2O2. The number of rotatable bonds is 8. The molecule has 0 aromatic heterocycles. The van der Waals surface area contributed by atoms with Gasteiger partial charge in [-0.05, 0) is 23.5 Å². The molecule has 4 nitrogen and oxygen atoms in total. The Morgan fingerprint density at radius 3 is 2.42 bits per heavy atom. The highest BCUT2D eigenvalue weighted by atomic mass is 16.3. The molecule has 0 bridgehead atoms. The molecule has 0 spiro atoms. The van der Waals surface area contributed by atoms with Gasteiger partial charge in [0.1, 0.15) is 0 Å². The molecule has 0 radical (unpaired) electrons. The molecule has 0 fully saturated rings. The number of nitrogens with one attached hydrogen (secondary N) is 2. The summed E-state index contributed by atoms with van der Waals surface area (Å²) in [7, 11) is 0. The average Bonchev–Trinajstić information content (AvgIpc) is 2.39. The van der Waals surface area contributed by atoms with Crippen molar-refractivity contribution in [3.8, 4) is 0 Å². The summed E-state index contributed by atoms with van der Waals surface area (Å²) in [5.74, 6) is 0.644. The second-order valence-corrected chi connectivity index (χ2v) is 5.11. The summed E-state index contributed by atoms with van der Waals surface area (Å²) in [4.78, 5) is 11.5. The van der Waals surface area contributed by atoms with Crippen molar-refractivity contribution in [2.24, 2.45) is 5.92 Å². The predicted octanol–water partition coefficient (Wildman–Crippen LogP) is 1.43. The Kier molecular flexibility index (Phi) is 7.15. The summed E-state index contributed by atoms with van der Waals surface area (Å²) in [6, 6.07) is 7.68. The van der Waals surface area contributed by atoms with E-state index in [1.54, 1.807) is 0 Å². The molecular weight excluding hydrogens is 240 g/mol. The monoisotopic (exact) mass is 264 g/mol. The molecule has 0 heterocycles. The van der Waals surface area contributed by atoms with Gasteiger partial charge in [0.05, 0.1) is 13.2 Å². The van der Waals surface area contributed by atoms with Crippen molar-refractivity contribution >= 4 is 5.91 Å². The minimum Gasteiger partial charge on any atom is -0.392 e. The van der Waals surface area contributed by atoms with Gasteiger partial charge in [0, 0.05) is 13.1 Å². The first kappa shape index (κ1) is 15.7. The average molecular weight is 264 g/mol. The summed E-state index contributed by atoms with van der Waals surface area (Å²) in [6.07, 6.45) is 1.01. The Hall–Kier alpha value is -1.39. The maximum atomic E-state index is 11.5. The number of carbonyl (C=O) groups excluding carboxylic acids is 1. The predicted molar refractivity (Wildman–Crippen MR) is 76.5 cm³/mol. The SMILES string of the molecule is CC(C)CCNC(=O)CNCc1ccc(CO)cc1. The number of benzene rings is 1. The van der Waals surface area contributed by atoms with Gasteiger partial charge in [0.25, 0.3) is 0 Å². The summed E-state index contributed by atoms with van der Waals surface area (Å²) in [5.41, 5.74) is 2.00. The van der Waals surface area contributed by atoms with Gasteiger partial charge in [-0.2, -0.15) is 0 Å². The summed E-state index contributed by atoms with van der Waals surface area (Å²) in [6.45, 7) is 6.07. The van der Waals surface area contributed by atoms with Crippen molar-refractivity contribution in [1.29, 1.82) is 0 Å². The van der Waals surface area contributed by atoms with Crippen molar-refractivity contribution in [3.05, 3.63) is 35.4 Å². The van der Waals surface area contributed by atoms with Crippen LogP contribution in [-0.4, -0.2) is 24.1 Å². The van der Waals surface area contributed by atoms with Gasteiger partial charge in [-0.25, -0.2) is 0 Å². The number of hydrogen-bond acceptors (Lipinski definition) is 3. The van der Waals surface area contributed by atoms with Crippen molar-refractivity contribution in [2.45, 2.75) is 33.4 Å². The third kappa shape index (κ3) is 6.94. The molecule has 0 saturated carbocycles. The van der Waals surface area contributed by atoms with E-state index in [0.29, 0.717) is 19.0 Å². The lowest BCUT2D eigenvalue weighted by molar-refractivity contribution is -0.120. The molecule has 19 heavy (non-hydrogen) atoms. The van der Waals surface area contributed by atoms with Gasteiger partial charge in [-0.15, -0.1) is 0 Å². The number of aliphatic hydroxyl groups is 1. The fourth-order valence-corrected chi connectivity index (χ4v) is 1.65. The molecule has 0 aliphatic carbocycles. The van der Waals surface area contributed by atoms with E-state index in [1.165, 1.54) is 0 Å². The van der Waals surface area contributed by atoms with Gasteiger partial charge < -0.3 is 15.7 Å². The van der Waals surface area contributed by atoms with E-state index in [2.05, 4.69) is 24.5 Å². The second kappa shape index (κ2) is 8.67. The van der Waals surface area contributed by atoms with Crippen molar-refractivity contribution in [3.63, 3.8) is 0 Å². The maximum Gasteiger partial charge on any atom is 0.233 e. The van der Waals surface area contributed by atoms with Crippen LogP contribution in [0.5, 0.6) is 0 Å². The Labute approximate surface area is 115 Å². The molecule has 4 heteroatoms. The van der Waals surface area contributed by atoms with Crippen molar-refractivity contribution < 1.29 is 9.90 Å². The second-order valence-electron chi connectivity index (χ2n) is 5.11. The first-order valence-electron chi connectivity index (χ1n) is 6.78. The van der Waals surface area contributed by atoms with E-state index in [9.17, 15) is 4.79 Å². The number of amides is 1. The third-order valence-corrected chi connectivity index (χ3v) is 2.86. The Morgan fingerprint density at radius 1 is 1.21 bits per heavy atom. The topological polar surface area (TPSA) is 61.4 Å². The third-order valence-electron chi connectivity index (χ3n) is 2.86. The van der Waals surface area contributed by atoms with E-state index in [0.717, 1.165) is 24.1 Å². The highest BCUT2D eigenvalue weighted by molar-refractivity contribution is 5.77. The molecule has 1 amide bonds. The van der Waals surface area contributed by atoms with Crippen LogP contribution in [0.1, 0.15) is 31.4 Å². The van der Waals surface area contributed by atoms with Crippen LogP contribution < -0.4 is 10.6 Å². The first-order chi connectivity index (χ1) is 9.11. The van der Waals surface area contributed by atoms with Crippen LogP contribution >= 0.6 is 0 Å². The molecule has 0 unspecified atom stereocenters. The van der Waals surface area contributed by atoms with Crippen molar-refractivity contribution in [1.82, 2.24) is 10.6 Å². The van der Waals surface area contributed by atoms with Crippen LogP contribution in [-0.2, 0) is 17.9 Å². The quantitative estimate of drug-likeness (QED) is 0.665. The van der Waals surface area contributed by atoms with Crippen LogP contribution in [0, 0.1) is 5.92 Å². The van der Waals surface area contributed by atoms with Gasteiger partial charge in [-0.1, -0.05) is 38.1 Å². The van der Waals surface area contributed by atoms with Crippen LogP contribution in [0.3, 0.4) is 0 Å². The Bertz CT molecular complexity index is 374. The Balaban J connectivity index is 2.16. The zero-order valence-corrected chi connectivity index (χ0v) is 11.8. The largest absolute Gasteiger partial charge is 0.392 e. The minimum absolute atomic E-state index is 0.0348. The van der Waals surface area contributed by atoms with Crippen LogP contribution in [0.25, 0.3) is 0 Å². The summed E-state index contributed by atoms with van der Waals surface area (Å²) in [5, 5.41) is 14.9. The van der Waals surface area contributed by atoms with E-state index in [4.69, 9.17) is 5.11 Å². The highest BCUT2D eigenvalue weighted by Crippen LogP contribution is 2.03. The molecule has 1 rings (SSSR count). The van der Waals surface area contributed by atoms with E-state index in [1.807, 2.05) is 24.3 Å². The van der Waals surface area contributed by atoms with Gasteiger partial charge >= 0.3 is 0 Å². The number of aliphatic hydroxyl groups excluding tert-OH is 1. The lowest BCUT2D eigenvalue weighted by Gasteiger charge is -2.08. The smallest absolute Gasteiger partial charge is 0.233 e. The number of hydrogen-bond donors (Lipinski definition) is 3. The Morgan fingerprint density at radius 2 is 1.84 bits per heavy atom. The van der Waals surface area contributed by atoms with E-state index >= 15 is 0 Å². The summed E-state index contributed by atoms with van der Waals surface area (Å²) < 4.78 is 0. The lowest BCUT2D eigenvalue weighted by atomic mass is 10.1. The maximum absolute atomic E-state index is 11.5. The fourth-order valence-electron chi connectivity index (χ4n) is 1.65. The van der Waals surface area contributed by atoms with E-state index in [-0.39, 0.29) is 12.5 Å². The fraction of sp³-hybridized carbons (Fsp3) is 0.533. The first-order valence-corrected chi connectivity index (χ1v) is 6.78. The summed E-state index contributed by atoms with van der Waals surface area (Å²) >= 11 is 0. The molecule has 0 aliphatic rings. The zero-order valence-electron chi connectivity index (χ0n) is 11.8. The van der Waals surface area contributed by atoms with Gasteiger partial charge in [-0.3, -0.25) is 4.79 Å². The van der Waals surface area contributed by atoms with Crippen LogP contribution in [0.15, 0.2) is 24.3 Å². The van der Waals surface area contributed by atoms with Crippen LogP contribution in [0.2, 0.25) is 0 Å². The molecule has 3 N–H and O–H groups in total. The molecule has 1 aromatic carbocycles. The van der Waals surface area contributed by atoms with Crippen molar-refractivity contribution in [2.75, 3.05) is 13.1 Å². The highest BCUT2D eigenvalue weighted by Gasteiger charge is 2.01. The molecule has 0 atom stereocenters. The lowest BCUT2D eigenvalue weighted by Crippen LogP contribution is -2.34. The molecule has 106 valence electrons. The van der Waals surface area contributed by atoms with E-state index < -0.39 is 0 Å². The number of carbonyl (C=O) groups is 1. The minimum atomic E-state index is 0.0348. The molecule has 0 saturated heterocycles. The molecule has 1 aromatic rings. The standard InChI is InChI=1S/C15H24N2O2/c1-12(2)7-8-17-15(19)10-16-9-13-3-5-14(11-18)6-4-13/h3-6,12,16,18H,7-11H2,1-2H3,(H,17,19). The molecule has 0 aliphatic heterocycles. The zero-order chi connectivity index (χ0) is 14.1. The van der Waals surface area contributed by atoms with Gasteiger partial charge in [0.15, 0.2) is 0 Å². The van der Waals surface area contributed by atoms with Gasteiger partial charge in [0.2, 0.25) is 5.91 Å². The normalized spacial score (nSPS) is 10.7. The van der Waals surface area contributed by atoms with Crippen LogP contribution in [0.4, 0.5) is 0 Å².